The fraction of sp³-hybridized carbons (Fsp3) is 0.182. The predicted octanol–water partition coefficient (Wildman–Crippen LogP) is 1.76. The van der Waals surface area contributed by atoms with Crippen LogP contribution in [0.5, 0.6) is 0 Å². The highest BCUT2D eigenvalue weighted by Crippen LogP contribution is 2.19. The second kappa shape index (κ2) is 3.54. The molecule has 0 amide bonds. The molecule has 0 N–H and O–H groups in total. The van der Waals surface area contributed by atoms with Gasteiger partial charge in [0.2, 0.25) is 5.91 Å². The van der Waals surface area contributed by atoms with Gasteiger partial charge in [-0.05, 0) is 17.7 Å². The van der Waals surface area contributed by atoms with Crippen LogP contribution in [0.15, 0.2) is 24.5 Å². The predicted molar refractivity (Wildman–Crippen MR) is 55.4 cm³/mol. The zero-order valence-electron chi connectivity index (χ0n) is 8.27. The molecule has 15 heavy (non-hydrogen) atoms. The summed E-state index contributed by atoms with van der Waals surface area (Å²) in [4.78, 5) is 15.5. The summed E-state index contributed by atoms with van der Waals surface area (Å²) in [5, 5.41) is 9.53. The van der Waals surface area contributed by atoms with Crippen molar-refractivity contribution >= 4 is 16.9 Å². The number of carbonyl (C=O) groups is 1. The van der Waals surface area contributed by atoms with Crippen molar-refractivity contribution in [3.05, 3.63) is 30.1 Å². The van der Waals surface area contributed by atoms with E-state index in [1.807, 2.05) is 6.07 Å². The highest BCUT2D eigenvalue weighted by atomic mass is 16.1. The van der Waals surface area contributed by atoms with E-state index in [9.17, 15) is 4.79 Å². The van der Waals surface area contributed by atoms with Gasteiger partial charge >= 0.3 is 0 Å². The van der Waals surface area contributed by atoms with E-state index < -0.39 is 0 Å². The minimum Gasteiger partial charge on any atom is -0.274 e. The maximum atomic E-state index is 11.3. The first-order valence-electron chi connectivity index (χ1n) is 4.57. The number of aromatic nitrogens is 2. The Morgan fingerprint density at radius 3 is 3.13 bits per heavy atom. The summed E-state index contributed by atoms with van der Waals surface area (Å²) in [7, 11) is 0. The van der Waals surface area contributed by atoms with Gasteiger partial charge in [-0.1, -0.05) is 0 Å². The lowest BCUT2D eigenvalue weighted by atomic mass is 10.2. The number of hydrogen-bond acceptors (Lipinski definition) is 3. The summed E-state index contributed by atoms with van der Waals surface area (Å²) in [6.45, 7) is 1.48. The molecule has 4 heteroatoms. The van der Waals surface area contributed by atoms with Gasteiger partial charge in [-0.3, -0.25) is 9.36 Å². The van der Waals surface area contributed by atoms with Gasteiger partial charge in [-0.2, -0.15) is 5.26 Å². The molecule has 74 valence electrons. The van der Waals surface area contributed by atoms with Crippen LogP contribution in [-0.4, -0.2) is 15.5 Å². The fourth-order valence-corrected chi connectivity index (χ4v) is 1.59. The van der Waals surface area contributed by atoms with Crippen molar-refractivity contribution in [3.8, 4) is 6.07 Å². The van der Waals surface area contributed by atoms with E-state index in [0.717, 1.165) is 10.9 Å². The first kappa shape index (κ1) is 9.41. The van der Waals surface area contributed by atoms with Crippen molar-refractivity contribution in [3.63, 3.8) is 0 Å². The van der Waals surface area contributed by atoms with Crippen LogP contribution in [0.25, 0.3) is 11.0 Å². The quantitative estimate of drug-likeness (QED) is 0.703. The molecule has 0 spiro atoms. The summed E-state index contributed by atoms with van der Waals surface area (Å²) in [6, 6.07) is 5.74. The first-order valence-corrected chi connectivity index (χ1v) is 4.57. The molecular weight excluding hydrogens is 190 g/mol. The highest BCUT2D eigenvalue weighted by Gasteiger charge is 2.10. The lowest BCUT2D eigenvalue weighted by Crippen LogP contribution is -2.03. The third kappa shape index (κ3) is 1.48. The van der Waals surface area contributed by atoms with E-state index >= 15 is 0 Å². The molecule has 0 unspecified atom stereocenters. The Hall–Kier alpha value is -2.15. The molecule has 0 saturated carbocycles. The van der Waals surface area contributed by atoms with Crippen LogP contribution >= 0.6 is 0 Å². The zero-order valence-corrected chi connectivity index (χ0v) is 8.27. The van der Waals surface area contributed by atoms with E-state index in [2.05, 4.69) is 11.1 Å². The van der Waals surface area contributed by atoms with E-state index in [-0.39, 0.29) is 5.91 Å². The van der Waals surface area contributed by atoms with Crippen molar-refractivity contribution in [2.24, 2.45) is 0 Å². The van der Waals surface area contributed by atoms with Crippen molar-refractivity contribution in [1.29, 1.82) is 5.26 Å². The largest absolute Gasteiger partial charge is 0.274 e. The van der Waals surface area contributed by atoms with Crippen molar-refractivity contribution < 1.29 is 4.79 Å². The maximum Gasteiger partial charge on any atom is 0.229 e. The topological polar surface area (TPSA) is 58.7 Å². The highest BCUT2D eigenvalue weighted by molar-refractivity contribution is 5.91. The van der Waals surface area contributed by atoms with Crippen LogP contribution < -0.4 is 0 Å². The van der Waals surface area contributed by atoms with Gasteiger partial charge in [0.25, 0.3) is 0 Å². The van der Waals surface area contributed by atoms with Gasteiger partial charge in [0.15, 0.2) is 0 Å². The molecule has 0 aliphatic heterocycles. The summed E-state index contributed by atoms with van der Waals surface area (Å²) in [5.41, 5.74) is 1.46. The number of hydrogen-bond donors (Lipinski definition) is 0. The molecule has 2 heterocycles. The molecule has 2 aromatic rings. The Kier molecular flexibility index (Phi) is 2.22. The zero-order chi connectivity index (χ0) is 10.8. The number of nitriles is 1. The van der Waals surface area contributed by atoms with Crippen LogP contribution in [-0.2, 0) is 6.42 Å². The summed E-state index contributed by atoms with van der Waals surface area (Å²) in [6.07, 6.45) is 3.61. The first-order chi connectivity index (χ1) is 7.24. The summed E-state index contributed by atoms with van der Waals surface area (Å²) < 4.78 is 1.47. The number of rotatable bonds is 1. The maximum absolute atomic E-state index is 11.3. The lowest BCUT2D eigenvalue weighted by Gasteiger charge is -1.95. The minimum atomic E-state index is -0.0945. The van der Waals surface area contributed by atoms with Crippen LogP contribution in [0.2, 0.25) is 0 Å². The lowest BCUT2D eigenvalue weighted by molar-refractivity contribution is 0.0941. The molecule has 0 saturated heterocycles. The van der Waals surface area contributed by atoms with Gasteiger partial charge in [-0.25, -0.2) is 4.98 Å². The average Bonchev–Trinajstić information content (AvgIpc) is 2.59. The van der Waals surface area contributed by atoms with Gasteiger partial charge in [0.1, 0.15) is 5.65 Å². The molecule has 2 rings (SSSR count). The number of nitrogens with zero attached hydrogens (tertiary/aromatic N) is 3. The molecule has 0 aromatic carbocycles. The molecule has 0 atom stereocenters. The van der Waals surface area contributed by atoms with Crippen molar-refractivity contribution in [1.82, 2.24) is 9.55 Å². The van der Waals surface area contributed by atoms with Crippen LogP contribution in [0.1, 0.15) is 17.3 Å². The Morgan fingerprint density at radius 1 is 1.67 bits per heavy atom. The van der Waals surface area contributed by atoms with Gasteiger partial charge < -0.3 is 0 Å². The monoisotopic (exact) mass is 199 g/mol. The van der Waals surface area contributed by atoms with E-state index in [4.69, 9.17) is 5.26 Å². The van der Waals surface area contributed by atoms with E-state index in [1.54, 1.807) is 18.5 Å². The van der Waals surface area contributed by atoms with E-state index in [0.29, 0.717) is 12.1 Å². The third-order valence-corrected chi connectivity index (χ3v) is 2.25. The number of pyridine rings is 1. The van der Waals surface area contributed by atoms with Crippen LogP contribution in [0.3, 0.4) is 0 Å². The van der Waals surface area contributed by atoms with Crippen molar-refractivity contribution in [2.75, 3.05) is 0 Å². The SMILES string of the molecule is CC(=O)n1cc(CC#N)c2cccnc21. The van der Waals surface area contributed by atoms with Gasteiger partial charge in [0.05, 0.1) is 12.5 Å². The third-order valence-electron chi connectivity index (χ3n) is 2.25. The molecule has 0 aliphatic carbocycles. The standard InChI is InChI=1S/C11H9N3O/c1-8(15)14-7-9(4-5-12)10-3-2-6-13-11(10)14/h2-3,6-7H,4H2,1H3. The van der Waals surface area contributed by atoms with Crippen molar-refractivity contribution in [2.45, 2.75) is 13.3 Å². The Balaban J connectivity index is 2.74. The minimum absolute atomic E-state index is 0.0945. The second-order valence-corrected chi connectivity index (χ2v) is 3.25. The summed E-state index contributed by atoms with van der Waals surface area (Å²) >= 11 is 0. The van der Waals surface area contributed by atoms with Crippen LogP contribution in [0.4, 0.5) is 0 Å². The molecule has 0 fully saturated rings. The smallest absolute Gasteiger partial charge is 0.229 e. The van der Waals surface area contributed by atoms with Gasteiger partial charge in [-0.15, -0.1) is 0 Å². The number of carbonyl (C=O) groups excluding carboxylic acids is 1. The molecule has 0 bridgehead atoms. The van der Waals surface area contributed by atoms with Crippen LogP contribution in [0, 0.1) is 11.3 Å². The molecule has 4 nitrogen and oxygen atoms in total. The molecule has 0 radical (unpaired) electrons. The average molecular weight is 199 g/mol. The fourth-order valence-electron chi connectivity index (χ4n) is 1.59. The van der Waals surface area contributed by atoms with E-state index in [1.165, 1.54) is 11.5 Å². The Bertz CT molecular complexity index is 563. The summed E-state index contributed by atoms with van der Waals surface area (Å²) in [5.74, 6) is -0.0945. The second-order valence-electron chi connectivity index (χ2n) is 3.25. The van der Waals surface area contributed by atoms with Gasteiger partial charge in [0, 0.05) is 24.7 Å². The normalized spacial score (nSPS) is 10.1. The Labute approximate surface area is 86.8 Å². The molecule has 0 aliphatic rings. The Morgan fingerprint density at radius 2 is 2.47 bits per heavy atom. The molecule has 2 aromatic heterocycles. The number of fused-ring (bicyclic) bond motifs is 1. The molecular formula is C11H9N3O.